The summed E-state index contributed by atoms with van der Waals surface area (Å²) in [7, 11) is 0. The van der Waals surface area contributed by atoms with Crippen molar-refractivity contribution < 1.29 is 27.5 Å². The Morgan fingerprint density at radius 1 is 1.24 bits per heavy atom. The third kappa shape index (κ3) is 7.05. The van der Waals surface area contributed by atoms with E-state index in [1.807, 2.05) is 0 Å². The third-order valence-corrected chi connectivity index (χ3v) is 4.19. The maximum atomic E-state index is 12.5. The number of hydrogen-bond donors (Lipinski definition) is 1. The van der Waals surface area contributed by atoms with Crippen LogP contribution in [-0.4, -0.2) is 29.5 Å². The standard InChI is InChI=1S/C20H20ClF3N2O3/c1-11-6-15(8-16(25-11)7-12(2)27)13(3)26-19(28)14-4-5-18(17(21)9-14)29-10-20(22,23)24/h4-6,8-9,13H,7,10H2,1-3H3,(H,26,28). The fraction of sp³-hybridized carbons (Fsp3) is 0.350. The zero-order valence-electron chi connectivity index (χ0n) is 16.1. The van der Waals surface area contributed by atoms with Crippen molar-refractivity contribution in [2.75, 3.05) is 6.61 Å². The lowest BCUT2D eigenvalue weighted by Crippen LogP contribution is -2.27. The molecule has 0 aliphatic heterocycles. The predicted octanol–water partition coefficient (Wildman–Crippen LogP) is 4.61. The second-order valence-electron chi connectivity index (χ2n) is 6.66. The highest BCUT2D eigenvalue weighted by molar-refractivity contribution is 6.32. The number of amides is 1. The van der Waals surface area contributed by atoms with Gasteiger partial charge in [0.15, 0.2) is 6.61 Å². The number of carbonyl (C=O) groups is 2. The van der Waals surface area contributed by atoms with Crippen molar-refractivity contribution in [2.24, 2.45) is 0 Å². The molecule has 0 aliphatic carbocycles. The van der Waals surface area contributed by atoms with Crippen molar-refractivity contribution in [3.63, 3.8) is 0 Å². The number of nitrogens with one attached hydrogen (secondary N) is 1. The van der Waals surface area contributed by atoms with E-state index in [1.165, 1.54) is 25.1 Å². The number of benzene rings is 1. The highest BCUT2D eigenvalue weighted by atomic mass is 35.5. The molecule has 1 amide bonds. The molecular formula is C20H20ClF3N2O3. The molecule has 5 nitrogen and oxygen atoms in total. The number of carbonyl (C=O) groups excluding carboxylic acids is 2. The van der Waals surface area contributed by atoms with Crippen molar-refractivity contribution in [3.05, 3.63) is 57.9 Å². The second-order valence-corrected chi connectivity index (χ2v) is 7.06. The van der Waals surface area contributed by atoms with Crippen LogP contribution in [0.5, 0.6) is 5.75 Å². The normalized spacial score (nSPS) is 12.4. The summed E-state index contributed by atoms with van der Waals surface area (Å²) in [6.45, 7) is 3.56. The first-order chi connectivity index (χ1) is 13.4. The molecule has 2 aromatic rings. The van der Waals surface area contributed by atoms with Gasteiger partial charge in [-0.3, -0.25) is 14.6 Å². The van der Waals surface area contributed by atoms with E-state index in [0.29, 0.717) is 11.4 Å². The Hall–Kier alpha value is -2.61. The van der Waals surface area contributed by atoms with Crippen molar-refractivity contribution in [1.82, 2.24) is 10.3 Å². The largest absolute Gasteiger partial charge is 0.483 e. The lowest BCUT2D eigenvalue weighted by atomic mass is 10.0. The van der Waals surface area contributed by atoms with Gasteiger partial charge in [-0.15, -0.1) is 0 Å². The maximum absolute atomic E-state index is 12.5. The predicted molar refractivity (Wildman–Crippen MR) is 102 cm³/mol. The maximum Gasteiger partial charge on any atom is 0.422 e. The first-order valence-corrected chi connectivity index (χ1v) is 9.09. The summed E-state index contributed by atoms with van der Waals surface area (Å²) in [4.78, 5) is 28.1. The zero-order valence-corrected chi connectivity index (χ0v) is 16.8. The summed E-state index contributed by atoms with van der Waals surface area (Å²) in [6, 6.07) is 6.95. The number of aromatic nitrogens is 1. The number of aryl methyl sites for hydroxylation is 1. The molecule has 0 spiro atoms. The Kier molecular flexibility index (Phi) is 7.24. The number of hydrogen-bond acceptors (Lipinski definition) is 4. The molecule has 1 unspecified atom stereocenters. The smallest absolute Gasteiger partial charge is 0.422 e. The minimum atomic E-state index is -4.49. The number of ether oxygens (including phenoxy) is 1. The molecule has 1 N–H and O–H groups in total. The molecule has 0 bridgehead atoms. The van der Waals surface area contributed by atoms with E-state index < -0.39 is 24.7 Å². The van der Waals surface area contributed by atoms with Gasteiger partial charge < -0.3 is 10.1 Å². The van der Waals surface area contributed by atoms with E-state index in [9.17, 15) is 22.8 Å². The van der Waals surface area contributed by atoms with Gasteiger partial charge in [0.1, 0.15) is 11.5 Å². The third-order valence-electron chi connectivity index (χ3n) is 3.89. The fourth-order valence-corrected chi connectivity index (χ4v) is 2.88. The fourth-order valence-electron chi connectivity index (χ4n) is 2.64. The quantitative estimate of drug-likeness (QED) is 0.699. The molecule has 0 fully saturated rings. The summed E-state index contributed by atoms with van der Waals surface area (Å²) in [5.41, 5.74) is 2.28. The molecule has 1 aromatic heterocycles. The van der Waals surface area contributed by atoms with Crippen LogP contribution < -0.4 is 10.1 Å². The second kappa shape index (κ2) is 9.26. The Labute approximate surface area is 171 Å². The molecule has 1 aromatic carbocycles. The number of Topliss-reactive ketones (excluding diaryl/α,β-unsaturated/α-hetero) is 1. The Morgan fingerprint density at radius 3 is 2.52 bits per heavy atom. The van der Waals surface area contributed by atoms with Gasteiger partial charge in [0.05, 0.1) is 11.1 Å². The number of rotatable bonds is 7. The zero-order chi connectivity index (χ0) is 21.8. The highest BCUT2D eigenvalue weighted by Crippen LogP contribution is 2.28. The molecule has 29 heavy (non-hydrogen) atoms. The molecule has 2 rings (SSSR count). The highest BCUT2D eigenvalue weighted by Gasteiger charge is 2.29. The van der Waals surface area contributed by atoms with Crippen LogP contribution in [0.2, 0.25) is 5.02 Å². The van der Waals surface area contributed by atoms with E-state index in [1.54, 1.807) is 26.0 Å². The van der Waals surface area contributed by atoms with Gasteiger partial charge in [0, 0.05) is 23.4 Å². The number of alkyl halides is 3. The lowest BCUT2D eigenvalue weighted by molar-refractivity contribution is -0.153. The molecule has 1 heterocycles. The van der Waals surface area contributed by atoms with E-state index in [4.69, 9.17) is 11.6 Å². The van der Waals surface area contributed by atoms with Gasteiger partial charge >= 0.3 is 6.18 Å². The van der Waals surface area contributed by atoms with Crippen LogP contribution in [0.1, 0.15) is 47.2 Å². The molecule has 0 radical (unpaired) electrons. The molecule has 0 aliphatic rings. The number of nitrogens with zero attached hydrogens (tertiary/aromatic N) is 1. The number of pyridine rings is 1. The van der Waals surface area contributed by atoms with E-state index >= 15 is 0 Å². The van der Waals surface area contributed by atoms with E-state index in [2.05, 4.69) is 15.0 Å². The summed E-state index contributed by atoms with van der Waals surface area (Å²) in [6.07, 6.45) is -4.29. The monoisotopic (exact) mass is 428 g/mol. The van der Waals surface area contributed by atoms with E-state index in [-0.39, 0.29) is 28.5 Å². The Morgan fingerprint density at radius 2 is 1.93 bits per heavy atom. The number of halogens is 4. The molecule has 0 saturated heterocycles. The minimum Gasteiger partial charge on any atom is -0.483 e. The van der Waals surface area contributed by atoms with Crippen LogP contribution in [0.3, 0.4) is 0 Å². The first kappa shape index (κ1) is 22.7. The van der Waals surface area contributed by atoms with Crippen LogP contribution >= 0.6 is 11.6 Å². The van der Waals surface area contributed by atoms with Crippen molar-refractivity contribution in [2.45, 2.75) is 39.4 Å². The average Bonchev–Trinajstić information content (AvgIpc) is 2.58. The van der Waals surface area contributed by atoms with Crippen LogP contribution in [-0.2, 0) is 11.2 Å². The van der Waals surface area contributed by atoms with Crippen molar-refractivity contribution in [1.29, 1.82) is 0 Å². The van der Waals surface area contributed by atoms with Crippen LogP contribution in [0.15, 0.2) is 30.3 Å². The summed E-state index contributed by atoms with van der Waals surface area (Å²) in [5, 5.41) is 2.69. The first-order valence-electron chi connectivity index (χ1n) is 8.71. The van der Waals surface area contributed by atoms with Crippen molar-refractivity contribution >= 4 is 23.3 Å². The lowest BCUT2D eigenvalue weighted by Gasteiger charge is -2.17. The van der Waals surface area contributed by atoms with Gasteiger partial charge in [-0.05, 0) is 56.7 Å². The number of ketones is 1. The summed E-state index contributed by atoms with van der Waals surface area (Å²) >= 11 is 5.93. The summed E-state index contributed by atoms with van der Waals surface area (Å²) < 4.78 is 41.4. The van der Waals surface area contributed by atoms with Gasteiger partial charge in [0.2, 0.25) is 0 Å². The molecule has 0 saturated carbocycles. The van der Waals surface area contributed by atoms with Gasteiger partial charge in [-0.2, -0.15) is 13.2 Å². The minimum absolute atomic E-state index is 0.0202. The average molecular weight is 429 g/mol. The van der Waals surface area contributed by atoms with Crippen molar-refractivity contribution in [3.8, 4) is 5.75 Å². The van der Waals surface area contributed by atoms with Gasteiger partial charge in [-0.25, -0.2) is 0 Å². The van der Waals surface area contributed by atoms with Crippen LogP contribution in [0, 0.1) is 6.92 Å². The Bertz CT molecular complexity index is 916. The Balaban J connectivity index is 2.10. The van der Waals surface area contributed by atoms with Crippen LogP contribution in [0.4, 0.5) is 13.2 Å². The van der Waals surface area contributed by atoms with E-state index in [0.717, 1.165) is 5.56 Å². The van der Waals surface area contributed by atoms with Crippen LogP contribution in [0.25, 0.3) is 0 Å². The topological polar surface area (TPSA) is 68.3 Å². The molecule has 1 atom stereocenters. The molecule has 9 heteroatoms. The molecule has 156 valence electrons. The molecular weight excluding hydrogens is 409 g/mol. The summed E-state index contributed by atoms with van der Waals surface area (Å²) in [5.74, 6) is -0.634. The van der Waals surface area contributed by atoms with Gasteiger partial charge in [0.25, 0.3) is 5.91 Å². The SMILES string of the molecule is CC(=O)Cc1cc(C(C)NC(=O)c2ccc(OCC(F)(F)F)c(Cl)c2)cc(C)n1. The van der Waals surface area contributed by atoms with Gasteiger partial charge in [-0.1, -0.05) is 11.6 Å².